The first-order chi connectivity index (χ1) is 11.5. The quantitative estimate of drug-likeness (QED) is 0.654. The Labute approximate surface area is 150 Å². The number of aromatic nitrogens is 1. The SMILES string of the molecule is CC(=O)N(c1nc(/C=C2/SC(=S)NC2=O)cs1)c1ccccc1F. The summed E-state index contributed by atoms with van der Waals surface area (Å²) in [6.07, 6.45) is 1.58. The number of halogens is 1. The number of para-hydroxylation sites is 1. The zero-order valence-corrected chi connectivity index (χ0v) is 14.7. The third-order valence-corrected chi connectivity index (χ3v) is 5.04. The minimum atomic E-state index is -0.515. The minimum absolute atomic E-state index is 0.132. The monoisotopic (exact) mass is 379 g/mol. The van der Waals surface area contributed by atoms with Gasteiger partial charge in [0.1, 0.15) is 10.1 Å². The van der Waals surface area contributed by atoms with E-state index in [2.05, 4.69) is 10.3 Å². The number of amides is 2. The molecule has 1 aromatic heterocycles. The molecule has 1 fully saturated rings. The summed E-state index contributed by atoms with van der Waals surface area (Å²) in [4.78, 5) is 29.6. The topological polar surface area (TPSA) is 62.3 Å². The molecule has 0 aliphatic carbocycles. The fraction of sp³-hybridized carbons (Fsp3) is 0.0667. The van der Waals surface area contributed by atoms with Gasteiger partial charge in [0, 0.05) is 12.3 Å². The number of rotatable bonds is 3. The van der Waals surface area contributed by atoms with Crippen molar-refractivity contribution in [1.82, 2.24) is 10.3 Å². The maximum absolute atomic E-state index is 14.0. The molecular weight excluding hydrogens is 369 g/mol. The van der Waals surface area contributed by atoms with Gasteiger partial charge in [0.2, 0.25) is 5.91 Å². The van der Waals surface area contributed by atoms with Crippen LogP contribution in [0.3, 0.4) is 0 Å². The Morgan fingerprint density at radius 2 is 2.17 bits per heavy atom. The Morgan fingerprint density at radius 1 is 1.42 bits per heavy atom. The van der Waals surface area contributed by atoms with E-state index in [1.165, 1.54) is 35.3 Å². The van der Waals surface area contributed by atoms with Crippen molar-refractivity contribution in [3.05, 3.63) is 46.1 Å². The molecule has 1 aliphatic rings. The van der Waals surface area contributed by atoms with E-state index in [1.54, 1.807) is 23.6 Å². The first-order valence-corrected chi connectivity index (χ1v) is 8.82. The van der Waals surface area contributed by atoms with E-state index in [4.69, 9.17) is 12.2 Å². The highest BCUT2D eigenvalue weighted by atomic mass is 32.2. The molecule has 0 radical (unpaired) electrons. The lowest BCUT2D eigenvalue weighted by molar-refractivity contribution is -0.116. The predicted molar refractivity (Wildman–Crippen MR) is 97.6 cm³/mol. The smallest absolute Gasteiger partial charge is 0.263 e. The molecule has 9 heteroatoms. The third kappa shape index (κ3) is 3.37. The summed E-state index contributed by atoms with van der Waals surface area (Å²) in [6.45, 7) is 1.34. The second kappa shape index (κ2) is 6.80. The molecule has 0 spiro atoms. The van der Waals surface area contributed by atoms with Crippen molar-refractivity contribution < 1.29 is 14.0 Å². The molecule has 122 valence electrons. The van der Waals surface area contributed by atoms with Crippen LogP contribution in [0.15, 0.2) is 34.6 Å². The van der Waals surface area contributed by atoms with Crippen LogP contribution in [0.4, 0.5) is 15.2 Å². The summed E-state index contributed by atoms with van der Waals surface area (Å²) in [5.41, 5.74) is 0.632. The number of benzene rings is 1. The number of thiazole rings is 1. The highest BCUT2D eigenvalue weighted by molar-refractivity contribution is 8.26. The zero-order chi connectivity index (χ0) is 17.3. The Kier molecular flexibility index (Phi) is 4.74. The van der Waals surface area contributed by atoms with Crippen LogP contribution < -0.4 is 10.2 Å². The average Bonchev–Trinajstić information content (AvgIpc) is 3.08. The molecule has 1 N–H and O–H groups in total. The number of carbonyl (C=O) groups is 2. The van der Waals surface area contributed by atoms with Gasteiger partial charge in [0.05, 0.1) is 16.3 Å². The molecule has 0 unspecified atom stereocenters. The van der Waals surface area contributed by atoms with Gasteiger partial charge in [0.15, 0.2) is 5.13 Å². The molecule has 1 aromatic carbocycles. The van der Waals surface area contributed by atoms with Gasteiger partial charge in [0.25, 0.3) is 5.91 Å². The zero-order valence-electron chi connectivity index (χ0n) is 12.3. The van der Waals surface area contributed by atoms with E-state index >= 15 is 0 Å². The van der Waals surface area contributed by atoms with Gasteiger partial charge in [-0.1, -0.05) is 36.1 Å². The third-order valence-electron chi connectivity index (χ3n) is 3.03. The second-order valence-electron chi connectivity index (χ2n) is 4.71. The van der Waals surface area contributed by atoms with Crippen molar-refractivity contribution in [1.29, 1.82) is 0 Å². The molecule has 0 saturated carbocycles. The van der Waals surface area contributed by atoms with Crippen LogP contribution in [0.1, 0.15) is 12.6 Å². The van der Waals surface area contributed by atoms with Crippen LogP contribution in [0.2, 0.25) is 0 Å². The van der Waals surface area contributed by atoms with Crippen LogP contribution >= 0.6 is 35.3 Å². The van der Waals surface area contributed by atoms with Crippen molar-refractivity contribution in [2.24, 2.45) is 0 Å². The first-order valence-electron chi connectivity index (χ1n) is 6.71. The van der Waals surface area contributed by atoms with Crippen molar-refractivity contribution in [2.75, 3.05) is 4.90 Å². The fourth-order valence-corrected chi connectivity index (χ4v) is 3.91. The van der Waals surface area contributed by atoms with E-state index < -0.39 is 5.82 Å². The number of thiocarbonyl (C=S) groups is 1. The van der Waals surface area contributed by atoms with Crippen LogP contribution in [-0.4, -0.2) is 21.1 Å². The van der Waals surface area contributed by atoms with E-state index in [0.29, 0.717) is 20.1 Å². The summed E-state index contributed by atoms with van der Waals surface area (Å²) in [5.74, 6) is -1.15. The van der Waals surface area contributed by atoms with Crippen molar-refractivity contribution in [3.63, 3.8) is 0 Å². The summed E-state index contributed by atoms with van der Waals surface area (Å²) < 4.78 is 14.4. The molecule has 0 bridgehead atoms. The Bertz CT molecular complexity index is 878. The van der Waals surface area contributed by atoms with Gasteiger partial charge in [-0.3, -0.25) is 14.5 Å². The van der Waals surface area contributed by atoms with E-state index in [0.717, 1.165) is 11.8 Å². The lowest BCUT2D eigenvalue weighted by Crippen LogP contribution is -2.23. The minimum Gasteiger partial charge on any atom is -0.307 e. The molecule has 5 nitrogen and oxygen atoms in total. The Morgan fingerprint density at radius 3 is 2.79 bits per heavy atom. The number of thioether (sulfide) groups is 1. The van der Waals surface area contributed by atoms with Gasteiger partial charge >= 0.3 is 0 Å². The summed E-state index contributed by atoms with van der Waals surface area (Å²) in [7, 11) is 0. The van der Waals surface area contributed by atoms with Crippen LogP contribution in [0.25, 0.3) is 6.08 Å². The molecular formula is C15H10FN3O2S3. The first kappa shape index (κ1) is 16.7. The Hall–Kier alpha value is -2.10. The largest absolute Gasteiger partial charge is 0.307 e. The van der Waals surface area contributed by atoms with Gasteiger partial charge in [-0.15, -0.1) is 11.3 Å². The number of nitrogens with zero attached hydrogens (tertiary/aromatic N) is 2. The normalized spacial score (nSPS) is 15.7. The van der Waals surface area contributed by atoms with E-state index in [-0.39, 0.29) is 17.5 Å². The maximum Gasteiger partial charge on any atom is 0.263 e. The van der Waals surface area contributed by atoms with Gasteiger partial charge < -0.3 is 5.32 Å². The standard InChI is InChI=1S/C15H10FN3O2S3/c1-8(20)19(11-5-3-2-4-10(11)16)14-17-9(7-23-14)6-12-13(21)18-15(22)24-12/h2-7H,1H3,(H,18,21,22)/b12-6+. The van der Waals surface area contributed by atoms with Crippen LogP contribution in [0.5, 0.6) is 0 Å². The molecule has 1 saturated heterocycles. The highest BCUT2D eigenvalue weighted by Gasteiger charge is 2.24. The lowest BCUT2D eigenvalue weighted by Gasteiger charge is -2.18. The summed E-state index contributed by atoms with van der Waals surface area (Å²) >= 11 is 7.26. The fourth-order valence-electron chi connectivity index (χ4n) is 2.04. The Balaban J connectivity index is 1.95. The van der Waals surface area contributed by atoms with Crippen molar-refractivity contribution in [3.8, 4) is 0 Å². The summed E-state index contributed by atoms with van der Waals surface area (Å²) in [6, 6.07) is 5.98. The van der Waals surface area contributed by atoms with E-state index in [9.17, 15) is 14.0 Å². The molecule has 24 heavy (non-hydrogen) atoms. The maximum atomic E-state index is 14.0. The highest BCUT2D eigenvalue weighted by Crippen LogP contribution is 2.32. The summed E-state index contributed by atoms with van der Waals surface area (Å²) in [5, 5.41) is 4.53. The van der Waals surface area contributed by atoms with Crippen LogP contribution in [0, 0.1) is 5.82 Å². The van der Waals surface area contributed by atoms with E-state index in [1.807, 2.05) is 0 Å². The van der Waals surface area contributed by atoms with Gasteiger partial charge in [-0.2, -0.15) is 0 Å². The molecule has 2 amide bonds. The molecule has 0 atom stereocenters. The predicted octanol–water partition coefficient (Wildman–Crippen LogP) is 3.46. The molecule has 1 aliphatic heterocycles. The number of anilines is 2. The lowest BCUT2D eigenvalue weighted by atomic mass is 10.3. The number of hydrogen-bond acceptors (Lipinski definition) is 6. The molecule has 2 heterocycles. The van der Waals surface area contributed by atoms with Crippen LogP contribution in [-0.2, 0) is 9.59 Å². The number of hydrogen-bond donors (Lipinski definition) is 1. The number of nitrogens with one attached hydrogen (secondary N) is 1. The van der Waals surface area contributed by atoms with Crippen molar-refractivity contribution in [2.45, 2.75) is 6.92 Å². The van der Waals surface area contributed by atoms with Gasteiger partial charge in [-0.25, -0.2) is 9.37 Å². The average molecular weight is 379 g/mol. The molecule has 3 rings (SSSR count). The second-order valence-corrected chi connectivity index (χ2v) is 7.27. The molecule has 2 aromatic rings. The van der Waals surface area contributed by atoms with Gasteiger partial charge in [-0.05, 0) is 18.2 Å². The van der Waals surface area contributed by atoms with Crippen molar-refractivity contribution >= 4 is 68.3 Å². The number of carbonyl (C=O) groups excluding carboxylic acids is 2.